The van der Waals surface area contributed by atoms with Crippen molar-refractivity contribution in [1.29, 1.82) is 0 Å². The van der Waals surface area contributed by atoms with Crippen LogP contribution in [0.5, 0.6) is 0 Å². The maximum absolute atomic E-state index is 13.0. The fourth-order valence-corrected chi connectivity index (χ4v) is 3.26. The molecule has 0 saturated heterocycles. The average molecular weight is 403 g/mol. The largest absolute Gasteiger partial charge is 0.377 e. The van der Waals surface area contributed by atoms with Gasteiger partial charge in [0, 0.05) is 49.5 Å². The summed E-state index contributed by atoms with van der Waals surface area (Å²) in [6, 6.07) is 5.81. The summed E-state index contributed by atoms with van der Waals surface area (Å²) in [4.78, 5) is 29.3. The van der Waals surface area contributed by atoms with Crippen LogP contribution in [0.15, 0.2) is 18.2 Å². The summed E-state index contributed by atoms with van der Waals surface area (Å²) in [5.74, 6) is 0.803. The van der Waals surface area contributed by atoms with E-state index in [9.17, 15) is 9.59 Å². The maximum atomic E-state index is 13.0. The van der Waals surface area contributed by atoms with Crippen molar-refractivity contribution in [1.82, 2.24) is 10.2 Å². The van der Waals surface area contributed by atoms with Gasteiger partial charge in [0.15, 0.2) is 0 Å². The van der Waals surface area contributed by atoms with Crippen LogP contribution >= 0.6 is 0 Å². The Kier molecular flexibility index (Phi) is 7.20. The zero-order chi connectivity index (χ0) is 21.9. The number of carbonyl (C=O) groups excluding carboxylic acids is 2. The van der Waals surface area contributed by atoms with Crippen molar-refractivity contribution in [3.05, 3.63) is 23.8 Å². The molecule has 1 atom stereocenters. The van der Waals surface area contributed by atoms with Gasteiger partial charge < -0.3 is 20.4 Å². The molecule has 0 aromatic heterocycles. The number of nitrogens with one attached hydrogen (secondary N) is 2. The summed E-state index contributed by atoms with van der Waals surface area (Å²) < 4.78 is 0. The molecule has 2 rings (SSSR count). The van der Waals surface area contributed by atoms with Crippen molar-refractivity contribution in [2.45, 2.75) is 72.5 Å². The van der Waals surface area contributed by atoms with E-state index in [0.29, 0.717) is 12.5 Å². The van der Waals surface area contributed by atoms with Crippen LogP contribution in [-0.2, 0) is 11.3 Å². The highest BCUT2D eigenvalue weighted by Crippen LogP contribution is 2.34. The van der Waals surface area contributed by atoms with Gasteiger partial charge in [-0.25, -0.2) is 4.79 Å². The van der Waals surface area contributed by atoms with Crippen LogP contribution in [0.3, 0.4) is 0 Å². The Labute approximate surface area is 176 Å². The Bertz CT molecular complexity index is 733. The Balaban J connectivity index is 2.29. The second-order valence-corrected chi connectivity index (χ2v) is 9.79. The zero-order valence-electron chi connectivity index (χ0n) is 19.3. The Morgan fingerprint density at radius 3 is 2.24 bits per heavy atom. The van der Waals surface area contributed by atoms with Crippen LogP contribution in [0, 0.1) is 11.8 Å². The van der Waals surface area contributed by atoms with Crippen molar-refractivity contribution in [2.75, 3.05) is 24.3 Å². The second kappa shape index (κ2) is 9.06. The molecule has 1 fully saturated rings. The highest BCUT2D eigenvalue weighted by atomic mass is 16.2. The number of hydrogen-bond acceptors (Lipinski definition) is 3. The summed E-state index contributed by atoms with van der Waals surface area (Å²) in [7, 11) is 3.99. The molecule has 6 nitrogen and oxygen atoms in total. The molecule has 0 heterocycles. The summed E-state index contributed by atoms with van der Waals surface area (Å²) in [5, 5.41) is 5.84. The van der Waals surface area contributed by atoms with Crippen LogP contribution in [0.4, 0.5) is 16.2 Å². The zero-order valence-corrected chi connectivity index (χ0v) is 19.3. The number of amides is 3. The molecule has 3 amide bonds. The van der Waals surface area contributed by atoms with E-state index in [1.54, 1.807) is 0 Å². The molecule has 1 aliphatic carbocycles. The molecule has 0 unspecified atom stereocenters. The van der Waals surface area contributed by atoms with Crippen LogP contribution in [0.25, 0.3) is 0 Å². The number of urea groups is 1. The predicted octanol–water partition coefficient (Wildman–Crippen LogP) is 4.46. The normalized spacial score (nSPS) is 15.1. The minimum atomic E-state index is -0.309. The van der Waals surface area contributed by atoms with E-state index < -0.39 is 0 Å². The van der Waals surface area contributed by atoms with Crippen LogP contribution in [0.1, 0.15) is 59.9 Å². The number of benzene rings is 1. The SMILES string of the molecule is CC(C)[C@@H](C)N(Cc1cc(NC(=O)NC(C)(C)C)ccc1N(C)C)C(=O)C1CC1. The van der Waals surface area contributed by atoms with Crippen LogP contribution < -0.4 is 15.5 Å². The Morgan fingerprint density at radius 1 is 1.14 bits per heavy atom. The first kappa shape index (κ1) is 23.0. The molecule has 162 valence electrons. The van der Waals surface area contributed by atoms with Gasteiger partial charge >= 0.3 is 6.03 Å². The lowest BCUT2D eigenvalue weighted by atomic mass is 10.0. The minimum Gasteiger partial charge on any atom is -0.377 e. The molecular formula is C23H38N4O2. The van der Waals surface area contributed by atoms with Crippen molar-refractivity contribution < 1.29 is 9.59 Å². The van der Waals surface area contributed by atoms with Gasteiger partial charge in [0.2, 0.25) is 5.91 Å². The summed E-state index contributed by atoms with van der Waals surface area (Å²) in [6.07, 6.45) is 1.99. The number of carbonyl (C=O) groups is 2. The summed E-state index contributed by atoms with van der Waals surface area (Å²) in [5.41, 5.74) is 2.50. The monoisotopic (exact) mass is 402 g/mol. The van der Waals surface area contributed by atoms with Gasteiger partial charge in [-0.3, -0.25) is 4.79 Å². The fourth-order valence-electron chi connectivity index (χ4n) is 3.26. The lowest BCUT2D eigenvalue weighted by molar-refractivity contribution is -0.136. The maximum Gasteiger partial charge on any atom is 0.319 e. The molecule has 0 radical (unpaired) electrons. The molecule has 0 spiro atoms. The lowest BCUT2D eigenvalue weighted by Crippen LogP contribution is -2.43. The van der Waals surface area contributed by atoms with E-state index in [1.807, 2.05) is 62.9 Å². The van der Waals surface area contributed by atoms with Crippen molar-refractivity contribution in [3.8, 4) is 0 Å². The van der Waals surface area contributed by atoms with E-state index in [1.165, 1.54) is 0 Å². The smallest absolute Gasteiger partial charge is 0.319 e. The Hall–Kier alpha value is -2.24. The predicted molar refractivity (Wildman–Crippen MR) is 120 cm³/mol. The number of hydrogen-bond donors (Lipinski definition) is 2. The van der Waals surface area contributed by atoms with Gasteiger partial charge in [-0.15, -0.1) is 0 Å². The highest BCUT2D eigenvalue weighted by Gasteiger charge is 2.36. The molecule has 1 saturated carbocycles. The molecule has 1 aromatic rings. The molecule has 1 aromatic carbocycles. The molecule has 1 aliphatic rings. The minimum absolute atomic E-state index is 0.152. The highest BCUT2D eigenvalue weighted by molar-refractivity contribution is 5.90. The van der Waals surface area contributed by atoms with Crippen LogP contribution in [0.2, 0.25) is 0 Å². The van der Waals surface area contributed by atoms with E-state index >= 15 is 0 Å². The first-order valence-corrected chi connectivity index (χ1v) is 10.6. The number of anilines is 2. The van der Waals surface area contributed by atoms with Gasteiger partial charge in [-0.2, -0.15) is 0 Å². The van der Waals surface area contributed by atoms with Gasteiger partial charge in [-0.1, -0.05) is 13.8 Å². The van der Waals surface area contributed by atoms with Crippen molar-refractivity contribution in [2.24, 2.45) is 11.8 Å². The third kappa shape index (κ3) is 6.65. The van der Waals surface area contributed by atoms with E-state index in [-0.39, 0.29) is 29.4 Å². The summed E-state index contributed by atoms with van der Waals surface area (Å²) in [6.45, 7) is 12.8. The Morgan fingerprint density at radius 2 is 1.76 bits per heavy atom. The van der Waals surface area contributed by atoms with Gasteiger partial charge in [0.25, 0.3) is 0 Å². The van der Waals surface area contributed by atoms with Crippen molar-refractivity contribution >= 4 is 23.3 Å². The first-order chi connectivity index (χ1) is 13.4. The molecule has 2 N–H and O–H groups in total. The first-order valence-electron chi connectivity index (χ1n) is 10.6. The molecular weight excluding hydrogens is 364 g/mol. The average Bonchev–Trinajstić information content (AvgIpc) is 3.41. The molecule has 29 heavy (non-hydrogen) atoms. The van der Waals surface area contributed by atoms with Gasteiger partial charge in [-0.05, 0) is 70.2 Å². The van der Waals surface area contributed by atoms with E-state index in [4.69, 9.17) is 0 Å². The van der Waals surface area contributed by atoms with Crippen LogP contribution in [-0.4, -0.2) is 42.5 Å². The molecule has 0 aliphatic heterocycles. The number of nitrogens with zero attached hydrogens (tertiary/aromatic N) is 2. The van der Waals surface area contributed by atoms with E-state index in [0.717, 1.165) is 29.8 Å². The topological polar surface area (TPSA) is 64.7 Å². The summed E-state index contributed by atoms with van der Waals surface area (Å²) >= 11 is 0. The van der Waals surface area contributed by atoms with Crippen molar-refractivity contribution in [3.63, 3.8) is 0 Å². The second-order valence-electron chi connectivity index (χ2n) is 9.79. The quantitative estimate of drug-likeness (QED) is 0.708. The third-order valence-corrected chi connectivity index (χ3v) is 5.31. The lowest BCUT2D eigenvalue weighted by Gasteiger charge is -2.33. The third-order valence-electron chi connectivity index (χ3n) is 5.31. The number of rotatable bonds is 7. The van der Waals surface area contributed by atoms with Gasteiger partial charge in [0.05, 0.1) is 0 Å². The van der Waals surface area contributed by atoms with E-state index in [2.05, 4.69) is 31.4 Å². The van der Waals surface area contributed by atoms with Gasteiger partial charge in [0.1, 0.15) is 0 Å². The standard InChI is InChI=1S/C23H38N4O2/c1-15(2)16(3)27(21(28)17-9-10-17)14-18-13-19(11-12-20(18)26(7)8)24-22(29)25-23(4,5)6/h11-13,15-17H,9-10,14H2,1-8H3,(H2,24,25,29)/t16-/m1/s1. The fraction of sp³-hybridized carbons (Fsp3) is 0.652. The molecule has 6 heteroatoms. The molecule has 0 bridgehead atoms.